The maximum Gasteiger partial charge on any atom is 0.263 e. The highest BCUT2D eigenvalue weighted by Gasteiger charge is 2.15. The van der Waals surface area contributed by atoms with Gasteiger partial charge in [-0.05, 0) is 31.4 Å². The molecule has 0 atom stereocenters. The van der Waals surface area contributed by atoms with Crippen LogP contribution < -0.4 is 10.9 Å². The Morgan fingerprint density at radius 3 is 2.53 bits per heavy atom. The van der Waals surface area contributed by atoms with Crippen molar-refractivity contribution in [2.75, 3.05) is 6.54 Å². The lowest BCUT2D eigenvalue weighted by molar-refractivity contribution is 0.0946. The summed E-state index contributed by atoms with van der Waals surface area (Å²) < 4.78 is 1.50. The van der Waals surface area contributed by atoms with Gasteiger partial charge in [-0.1, -0.05) is 13.8 Å². The molecule has 0 aliphatic rings. The van der Waals surface area contributed by atoms with Gasteiger partial charge in [-0.3, -0.25) is 9.59 Å². The summed E-state index contributed by atoms with van der Waals surface area (Å²) in [4.78, 5) is 23.9. The fourth-order valence-electron chi connectivity index (χ4n) is 1.64. The number of amides is 1. The van der Waals surface area contributed by atoms with Crippen LogP contribution in [0, 0.1) is 19.8 Å². The fourth-order valence-corrected chi connectivity index (χ4v) is 1.64. The third-order valence-corrected chi connectivity index (χ3v) is 2.77. The minimum Gasteiger partial charge on any atom is -0.352 e. The SMILES string of the molecule is Cc1cc(C)n(C)c(=O)c1C(=O)NCC(C)C. The molecule has 0 saturated heterocycles. The van der Waals surface area contributed by atoms with Crippen LogP contribution in [-0.4, -0.2) is 17.0 Å². The van der Waals surface area contributed by atoms with Gasteiger partial charge in [-0.2, -0.15) is 0 Å². The molecule has 1 aromatic rings. The zero-order valence-electron chi connectivity index (χ0n) is 11.1. The molecule has 4 nitrogen and oxygen atoms in total. The van der Waals surface area contributed by atoms with Crippen molar-refractivity contribution in [1.82, 2.24) is 9.88 Å². The smallest absolute Gasteiger partial charge is 0.263 e. The Morgan fingerprint density at radius 2 is 2.00 bits per heavy atom. The molecule has 1 aromatic heterocycles. The minimum absolute atomic E-state index is 0.233. The summed E-state index contributed by atoms with van der Waals surface area (Å²) in [7, 11) is 1.68. The topological polar surface area (TPSA) is 51.1 Å². The van der Waals surface area contributed by atoms with E-state index in [1.165, 1.54) is 4.57 Å². The Morgan fingerprint density at radius 1 is 1.41 bits per heavy atom. The second-order valence-corrected chi connectivity index (χ2v) is 4.81. The van der Waals surface area contributed by atoms with E-state index in [2.05, 4.69) is 5.32 Å². The minimum atomic E-state index is -0.281. The Kier molecular flexibility index (Phi) is 4.10. The first-order chi connectivity index (χ1) is 7.84. The highest BCUT2D eigenvalue weighted by atomic mass is 16.2. The van der Waals surface area contributed by atoms with Crippen LogP contribution in [0.1, 0.15) is 35.5 Å². The molecule has 0 aliphatic carbocycles. The summed E-state index contributed by atoms with van der Waals surface area (Å²) in [5.74, 6) is 0.0883. The van der Waals surface area contributed by atoms with E-state index in [1.54, 1.807) is 14.0 Å². The van der Waals surface area contributed by atoms with Gasteiger partial charge in [-0.15, -0.1) is 0 Å². The molecule has 0 fully saturated rings. The molecular formula is C13H20N2O2. The Hall–Kier alpha value is -1.58. The van der Waals surface area contributed by atoms with Crippen molar-refractivity contribution in [3.05, 3.63) is 33.2 Å². The maximum absolute atomic E-state index is 12.0. The van der Waals surface area contributed by atoms with Gasteiger partial charge in [0.05, 0.1) is 0 Å². The van der Waals surface area contributed by atoms with Gasteiger partial charge >= 0.3 is 0 Å². The second kappa shape index (κ2) is 5.17. The Balaban J connectivity index is 3.10. The van der Waals surface area contributed by atoms with E-state index in [1.807, 2.05) is 26.8 Å². The monoisotopic (exact) mass is 236 g/mol. The zero-order valence-corrected chi connectivity index (χ0v) is 11.1. The lowest BCUT2D eigenvalue weighted by Gasteiger charge is -2.12. The number of aromatic nitrogens is 1. The van der Waals surface area contributed by atoms with E-state index in [4.69, 9.17) is 0 Å². The summed E-state index contributed by atoms with van der Waals surface area (Å²) in [6, 6.07) is 1.85. The molecule has 0 radical (unpaired) electrons. The molecule has 0 aliphatic heterocycles. The van der Waals surface area contributed by atoms with Crippen molar-refractivity contribution in [3.63, 3.8) is 0 Å². The molecule has 0 bridgehead atoms. The zero-order chi connectivity index (χ0) is 13.2. The number of carbonyl (C=O) groups excluding carboxylic acids is 1. The van der Waals surface area contributed by atoms with Crippen molar-refractivity contribution >= 4 is 5.91 Å². The van der Waals surface area contributed by atoms with Gasteiger partial charge < -0.3 is 9.88 Å². The Labute approximate surface area is 102 Å². The average Bonchev–Trinajstić information content (AvgIpc) is 2.23. The molecule has 94 valence electrons. The summed E-state index contributed by atoms with van der Waals surface area (Å²) in [5, 5.41) is 2.77. The van der Waals surface area contributed by atoms with Crippen molar-refractivity contribution in [2.45, 2.75) is 27.7 Å². The average molecular weight is 236 g/mol. The largest absolute Gasteiger partial charge is 0.352 e. The number of pyridine rings is 1. The van der Waals surface area contributed by atoms with E-state index in [0.29, 0.717) is 12.5 Å². The molecule has 17 heavy (non-hydrogen) atoms. The van der Waals surface area contributed by atoms with Crippen LogP contribution in [0.2, 0.25) is 0 Å². The van der Waals surface area contributed by atoms with Crippen LogP contribution in [0.25, 0.3) is 0 Å². The van der Waals surface area contributed by atoms with Crippen molar-refractivity contribution < 1.29 is 4.79 Å². The van der Waals surface area contributed by atoms with Crippen molar-refractivity contribution in [1.29, 1.82) is 0 Å². The molecule has 0 aromatic carbocycles. The molecule has 1 rings (SSSR count). The number of nitrogens with zero attached hydrogens (tertiary/aromatic N) is 1. The molecule has 0 spiro atoms. The quantitative estimate of drug-likeness (QED) is 0.862. The second-order valence-electron chi connectivity index (χ2n) is 4.81. The summed E-state index contributed by atoms with van der Waals surface area (Å²) in [6.45, 7) is 8.25. The van der Waals surface area contributed by atoms with Crippen LogP contribution in [-0.2, 0) is 7.05 Å². The molecule has 1 heterocycles. The lowest BCUT2D eigenvalue weighted by atomic mass is 10.1. The van der Waals surface area contributed by atoms with Crippen LogP contribution in [0.3, 0.4) is 0 Å². The molecule has 0 saturated carbocycles. The number of hydrogen-bond donors (Lipinski definition) is 1. The third-order valence-electron chi connectivity index (χ3n) is 2.77. The summed E-state index contributed by atoms with van der Waals surface area (Å²) in [6.07, 6.45) is 0. The van der Waals surface area contributed by atoms with Gasteiger partial charge in [0.25, 0.3) is 11.5 Å². The van der Waals surface area contributed by atoms with Crippen LogP contribution in [0.15, 0.2) is 10.9 Å². The van der Waals surface area contributed by atoms with Crippen molar-refractivity contribution in [3.8, 4) is 0 Å². The van der Waals surface area contributed by atoms with Crippen LogP contribution >= 0.6 is 0 Å². The predicted molar refractivity (Wildman–Crippen MR) is 68.3 cm³/mol. The highest BCUT2D eigenvalue weighted by Crippen LogP contribution is 2.05. The van der Waals surface area contributed by atoms with E-state index < -0.39 is 0 Å². The molecule has 1 N–H and O–H groups in total. The number of rotatable bonds is 3. The fraction of sp³-hybridized carbons (Fsp3) is 0.538. The normalized spacial score (nSPS) is 10.7. The van der Waals surface area contributed by atoms with Crippen molar-refractivity contribution in [2.24, 2.45) is 13.0 Å². The van der Waals surface area contributed by atoms with Gasteiger partial charge in [0.2, 0.25) is 0 Å². The van der Waals surface area contributed by atoms with E-state index in [-0.39, 0.29) is 17.0 Å². The third kappa shape index (κ3) is 2.96. The van der Waals surface area contributed by atoms with E-state index in [9.17, 15) is 9.59 Å². The first kappa shape index (κ1) is 13.5. The van der Waals surface area contributed by atoms with Gasteiger partial charge in [0.1, 0.15) is 5.56 Å². The van der Waals surface area contributed by atoms with E-state index in [0.717, 1.165) is 11.3 Å². The first-order valence-corrected chi connectivity index (χ1v) is 5.80. The number of carbonyl (C=O) groups is 1. The van der Waals surface area contributed by atoms with Gasteiger partial charge in [0, 0.05) is 19.3 Å². The lowest BCUT2D eigenvalue weighted by Crippen LogP contribution is -2.35. The number of nitrogens with one attached hydrogen (secondary N) is 1. The first-order valence-electron chi connectivity index (χ1n) is 5.80. The molecule has 1 amide bonds. The molecular weight excluding hydrogens is 216 g/mol. The highest BCUT2D eigenvalue weighted by molar-refractivity contribution is 5.95. The summed E-state index contributed by atoms with van der Waals surface area (Å²) in [5.41, 5.74) is 1.60. The molecule has 0 unspecified atom stereocenters. The van der Waals surface area contributed by atoms with E-state index >= 15 is 0 Å². The Bertz CT molecular complexity index is 487. The van der Waals surface area contributed by atoms with Crippen LogP contribution in [0.5, 0.6) is 0 Å². The molecule has 4 heteroatoms. The van der Waals surface area contributed by atoms with Crippen LogP contribution in [0.4, 0.5) is 0 Å². The van der Waals surface area contributed by atoms with Gasteiger partial charge in [0.15, 0.2) is 0 Å². The predicted octanol–water partition coefficient (Wildman–Crippen LogP) is 1.39. The van der Waals surface area contributed by atoms with Gasteiger partial charge in [-0.25, -0.2) is 0 Å². The number of aryl methyl sites for hydroxylation is 2. The maximum atomic E-state index is 12.0. The number of hydrogen-bond acceptors (Lipinski definition) is 2. The summed E-state index contributed by atoms with van der Waals surface area (Å²) >= 11 is 0. The standard InChI is InChI=1S/C13H20N2O2/c1-8(2)7-14-12(16)11-9(3)6-10(4)15(5)13(11)17/h6,8H,7H2,1-5H3,(H,14,16).